The third-order valence-corrected chi connectivity index (χ3v) is 2.81. The zero-order valence-electron chi connectivity index (χ0n) is 8.36. The maximum Gasteiger partial charge on any atom is -0.00675 e. The van der Waals surface area contributed by atoms with Crippen LogP contribution < -0.4 is 0 Å². The summed E-state index contributed by atoms with van der Waals surface area (Å²) in [4.78, 5) is 0. The van der Waals surface area contributed by atoms with Gasteiger partial charge in [0.2, 0.25) is 0 Å². The van der Waals surface area contributed by atoms with Crippen molar-refractivity contribution in [2.24, 2.45) is 0 Å². The maximum atomic E-state index is 3.97. The van der Waals surface area contributed by atoms with E-state index in [1.807, 2.05) is 18.7 Å². The number of thioether (sulfide) groups is 1. The number of hydrogen-bond donors (Lipinski definition) is 0. The monoisotopic (exact) mass is 184 g/mol. The fourth-order valence-electron chi connectivity index (χ4n) is 0.900. The van der Waals surface area contributed by atoms with Crippen LogP contribution in [-0.2, 0) is 0 Å². The molecule has 12 heavy (non-hydrogen) atoms. The predicted octanol–water partition coefficient (Wildman–Crippen LogP) is 4.04. The van der Waals surface area contributed by atoms with E-state index in [2.05, 4.69) is 20.1 Å². The van der Waals surface area contributed by atoms with Gasteiger partial charge in [-0.3, -0.25) is 0 Å². The van der Waals surface area contributed by atoms with E-state index in [1.165, 1.54) is 29.9 Å². The van der Waals surface area contributed by atoms with E-state index < -0.39 is 0 Å². The van der Waals surface area contributed by atoms with Crippen molar-refractivity contribution < 1.29 is 0 Å². The summed E-state index contributed by atoms with van der Waals surface area (Å²) in [5, 5.41) is 0. The van der Waals surface area contributed by atoms with E-state index in [9.17, 15) is 0 Å². The van der Waals surface area contributed by atoms with Crippen molar-refractivity contribution in [3.05, 3.63) is 24.3 Å². The highest BCUT2D eigenvalue weighted by Gasteiger charge is 1.94. The molecule has 0 unspecified atom stereocenters. The molecule has 0 atom stereocenters. The minimum absolute atomic E-state index is 1.12. The molecule has 0 amide bonds. The van der Waals surface area contributed by atoms with Crippen LogP contribution in [-0.4, -0.2) is 11.5 Å². The summed E-state index contributed by atoms with van der Waals surface area (Å²) in [7, 11) is 0. The molecule has 0 saturated carbocycles. The van der Waals surface area contributed by atoms with Crippen molar-refractivity contribution in [3.8, 4) is 0 Å². The van der Waals surface area contributed by atoms with Gasteiger partial charge in [-0.1, -0.05) is 31.2 Å². The van der Waals surface area contributed by atoms with Gasteiger partial charge in [0.05, 0.1) is 0 Å². The van der Waals surface area contributed by atoms with Gasteiger partial charge in [-0.25, -0.2) is 0 Å². The van der Waals surface area contributed by atoms with Gasteiger partial charge in [0.25, 0.3) is 0 Å². The molecule has 0 radical (unpaired) electrons. The molecule has 1 heteroatoms. The average Bonchev–Trinajstić information content (AvgIpc) is 2.03. The van der Waals surface area contributed by atoms with Crippen molar-refractivity contribution >= 4 is 11.8 Å². The summed E-state index contributed by atoms with van der Waals surface area (Å²) in [6, 6.07) is 0. The summed E-state index contributed by atoms with van der Waals surface area (Å²) >= 11 is 2.02. The van der Waals surface area contributed by atoms with E-state index in [0.717, 1.165) is 12.0 Å². The Morgan fingerprint density at radius 1 is 1.25 bits per heavy atom. The third kappa shape index (κ3) is 6.53. The topological polar surface area (TPSA) is 0 Å². The van der Waals surface area contributed by atoms with Crippen LogP contribution in [0.15, 0.2) is 24.3 Å². The molecule has 0 spiro atoms. The van der Waals surface area contributed by atoms with Crippen LogP contribution in [0.1, 0.15) is 33.1 Å². The average molecular weight is 184 g/mol. The maximum absolute atomic E-state index is 3.97. The van der Waals surface area contributed by atoms with Crippen LogP contribution in [0.5, 0.6) is 0 Å². The molecule has 0 N–H and O–H groups in total. The Morgan fingerprint density at radius 3 is 2.42 bits per heavy atom. The Kier molecular flexibility index (Phi) is 7.37. The van der Waals surface area contributed by atoms with Crippen LogP contribution in [0, 0.1) is 0 Å². The van der Waals surface area contributed by atoms with Gasteiger partial charge in [-0.15, -0.1) is 0 Å². The Labute approximate surface area is 81.1 Å². The smallest absolute Gasteiger partial charge is 0.00675 e. The summed E-state index contributed by atoms with van der Waals surface area (Å²) in [5.74, 6) is 2.53. The number of allylic oxidation sites excluding steroid dienone is 2. The van der Waals surface area contributed by atoms with Crippen molar-refractivity contribution in [3.63, 3.8) is 0 Å². The standard InChI is InChI=1S/C11H20S/c1-5-12-9-7-6-8-11(4)10(2)3/h2,4-9H2,1,3H3. The lowest BCUT2D eigenvalue weighted by Crippen LogP contribution is -1.85. The zero-order chi connectivity index (χ0) is 9.40. The van der Waals surface area contributed by atoms with E-state index >= 15 is 0 Å². The first-order chi connectivity index (χ1) is 5.68. The largest absolute Gasteiger partial charge is 0.162 e. The van der Waals surface area contributed by atoms with Crippen LogP contribution in [0.2, 0.25) is 0 Å². The van der Waals surface area contributed by atoms with Crippen LogP contribution in [0.3, 0.4) is 0 Å². The van der Waals surface area contributed by atoms with Gasteiger partial charge in [0.15, 0.2) is 0 Å². The minimum atomic E-state index is 1.12. The molecular formula is C11H20S. The lowest BCUT2D eigenvalue weighted by atomic mass is 10.1. The highest BCUT2D eigenvalue weighted by atomic mass is 32.2. The fraction of sp³-hybridized carbons (Fsp3) is 0.636. The van der Waals surface area contributed by atoms with Gasteiger partial charge in [-0.05, 0) is 37.7 Å². The normalized spacial score (nSPS) is 9.83. The second-order valence-electron chi connectivity index (χ2n) is 3.04. The number of hydrogen-bond acceptors (Lipinski definition) is 1. The van der Waals surface area contributed by atoms with Crippen LogP contribution >= 0.6 is 11.8 Å². The van der Waals surface area contributed by atoms with Crippen molar-refractivity contribution in [1.82, 2.24) is 0 Å². The van der Waals surface area contributed by atoms with E-state index in [4.69, 9.17) is 0 Å². The molecule has 0 aliphatic rings. The van der Waals surface area contributed by atoms with E-state index in [1.54, 1.807) is 0 Å². The third-order valence-electron chi connectivity index (χ3n) is 1.82. The molecule has 0 heterocycles. The van der Waals surface area contributed by atoms with Gasteiger partial charge in [0.1, 0.15) is 0 Å². The Bertz CT molecular complexity index is 147. The summed E-state index contributed by atoms with van der Waals surface area (Å²) in [6.45, 7) is 12.1. The molecule has 0 aromatic heterocycles. The van der Waals surface area contributed by atoms with Gasteiger partial charge in [-0.2, -0.15) is 11.8 Å². The molecule has 0 rings (SSSR count). The minimum Gasteiger partial charge on any atom is -0.162 e. The van der Waals surface area contributed by atoms with E-state index in [-0.39, 0.29) is 0 Å². The number of rotatable bonds is 7. The highest BCUT2D eigenvalue weighted by molar-refractivity contribution is 7.99. The van der Waals surface area contributed by atoms with Crippen molar-refractivity contribution in [2.75, 3.05) is 11.5 Å². The first-order valence-electron chi connectivity index (χ1n) is 4.60. The SMILES string of the molecule is C=C(C)C(=C)CCCCSCC. The molecule has 0 bridgehead atoms. The molecule has 0 aromatic carbocycles. The number of unbranched alkanes of at least 4 members (excludes halogenated alkanes) is 1. The lowest BCUT2D eigenvalue weighted by molar-refractivity contribution is 0.801. The molecular weight excluding hydrogens is 164 g/mol. The van der Waals surface area contributed by atoms with Crippen molar-refractivity contribution in [1.29, 1.82) is 0 Å². The van der Waals surface area contributed by atoms with Crippen LogP contribution in [0.25, 0.3) is 0 Å². The molecule has 0 saturated heterocycles. The zero-order valence-corrected chi connectivity index (χ0v) is 9.17. The van der Waals surface area contributed by atoms with Gasteiger partial charge in [0, 0.05) is 0 Å². The Hall–Kier alpha value is -0.170. The molecule has 0 aromatic rings. The van der Waals surface area contributed by atoms with Gasteiger partial charge >= 0.3 is 0 Å². The van der Waals surface area contributed by atoms with E-state index in [0.29, 0.717) is 0 Å². The first kappa shape index (κ1) is 11.8. The summed E-state index contributed by atoms with van der Waals surface area (Å²) in [5.41, 5.74) is 2.36. The van der Waals surface area contributed by atoms with Crippen LogP contribution in [0.4, 0.5) is 0 Å². The molecule has 0 fully saturated rings. The Balaban J connectivity index is 3.20. The first-order valence-corrected chi connectivity index (χ1v) is 5.75. The second kappa shape index (κ2) is 7.48. The molecule has 70 valence electrons. The second-order valence-corrected chi connectivity index (χ2v) is 4.43. The quantitative estimate of drug-likeness (QED) is 0.425. The molecule has 0 aliphatic carbocycles. The Morgan fingerprint density at radius 2 is 1.92 bits per heavy atom. The van der Waals surface area contributed by atoms with Gasteiger partial charge < -0.3 is 0 Å². The summed E-state index contributed by atoms with van der Waals surface area (Å²) < 4.78 is 0. The molecule has 0 nitrogen and oxygen atoms in total. The van der Waals surface area contributed by atoms with Crippen molar-refractivity contribution in [2.45, 2.75) is 33.1 Å². The fourth-order valence-corrected chi connectivity index (χ4v) is 1.60. The highest BCUT2D eigenvalue weighted by Crippen LogP contribution is 2.14. The molecule has 0 aliphatic heterocycles. The predicted molar refractivity (Wildman–Crippen MR) is 60.8 cm³/mol. The lowest BCUT2D eigenvalue weighted by Gasteiger charge is -2.03. The summed E-state index contributed by atoms with van der Waals surface area (Å²) in [6.07, 6.45) is 3.70.